The predicted molar refractivity (Wildman–Crippen MR) is 309 cm³/mol. The van der Waals surface area contributed by atoms with Crippen molar-refractivity contribution in [3.8, 4) is 0 Å². The fourth-order valence-corrected chi connectivity index (χ4v) is 10.4. The van der Waals surface area contributed by atoms with Gasteiger partial charge in [0, 0.05) is 6.42 Å². The first-order valence-corrected chi connectivity index (χ1v) is 31.4. The van der Waals surface area contributed by atoms with E-state index in [9.17, 15) is 61.0 Å². The molecule has 81 heavy (non-hydrogen) atoms. The minimum atomic E-state index is -1.98. The molecule has 3 rings (SSSR count). The zero-order chi connectivity index (χ0) is 59.0. The Morgan fingerprint density at radius 2 is 0.790 bits per heavy atom. The van der Waals surface area contributed by atoms with Gasteiger partial charge in [0.1, 0.15) is 73.2 Å². The summed E-state index contributed by atoms with van der Waals surface area (Å²) in [5.41, 5.74) is 0. The first-order valence-electron chi connectivity index (χ1n) is 31.4. The van der Waals surface area contributed by atoms with E-state index in [2.05, 4.69) is 55.6 Å². The predicted octanol–water partition coefficient (Wildman–Crippen LogP) is 6.26. The molecule has 0 saturated carbocycles. The summed E-state index contributed by atoms with van der Waals surface area (Å²) in [5.74, 6) is -0.300. The number of allylic oxidation sites excluding steroid dienone is 7. The molecular formula is C62H111NO18. The van der Waals surface area contributed by atoms with Crippen LogP contribution in [0.4, 0.5) is 0 Å². The molecule has 3 aliphatic heterocycles. The van der Waals surface area contributed by atoms with Crippen LogP contribution in [0.25, 0.3) is 0 Å². The van der Waals surface area contributed by atoms with Crippen molar-refractivity contribution >= 4 is 5.91 Å². The monoisotopic (exact) mass is 1160 g/mol. The second-order valence-electron chi connectivity index (χ2n) is 22.5. The molecular weight excluding hydrogens is 1050 g/mol. The van der Waals surface area contributed by atoms with Crippen molar-refractivity contribution in [2.75, 3.05) is 26.4 Å². The average Bonchev–Trinajstić information content (AvgIpc) is 3.48. The minimum Gasteiger partial charge on any atom is -0.394 e. The van der Waals surface area contributed by atoms with Gasteiger partial charge in [-0.25, -0.2) is 0 Å². The number of hydrogen-bond acceptors (Lipinski definition) is 18. The lowest BCUT2D eigenvalue weighted by Crippen LogP contribution is -2.66. The summed E-state index contributed by atoms with van der Waals surface area (Å²) >= 11 is 0. The van der Waals surface area contributed by atoms with Crippen molar-refractivity contribution in [3.05, 3.63) is 48.6 Å². The Labute approximate surface area is 484 Å². The molecule has 1 amide bonds. The van der Waals surface area contributed by atoms with Crippen LogP contribution in [0.3, 0.4) is 0 Å². The summed E-state index contributed by atoms with van der Waals surface area (Å²) in [7, 11) is 0. The van der Waals surface area contributed by atoms with Crippen molar-refractivity contribution in [3.63, 3.8) is 0 Å². The fourth-order valence-electron chi connectivity index (χ4n) is 10.4. The van der Waals surface area contributed by atoms with Crippen molar-refractivity contribution in [1.29, 1.82) is 0 Å². The lowest BCUT2D eigenvalue weighted by Gasteiger charge is -2.48. The van der Waals surface area contributed by atoms with E-state index >= 15 is 0 Å². The number of aliphatic hydroxyl groups is 11. The number of amides is 1. The van der Waals surface area contributed by atoms with Gasteiger partial charge in [-0.05, 0) is 70.6 Å². The molecule has 0 aromatic carbocycles. The Morgan fingerprint density at radius 3 is 1.23 bits per heavy atom. The average molecular weight is 1160 g/mol. The smallest absolute Gasteiger partial charge is 0.220 e. The van der Waals surface area contributed by atoms with Crippen LogP contribution in [0.2, 0.25) is 0 Å². The second kappa shape index (κ2) is 45.1. The molecule has 19 heteroatoms. The first kappa shape index (κ1) is 73.0. The molecule has 3 saturated heterocycles. The topological polar surface area (TPSA) is 307 Å². The third-order valence-corrected chi connectivity index (χ3v) is 15.6. The molecule has 0 spiro atoms. The summed E-state index contributed by atoms with van der Waals surface area (Å²) in [6.45, 7) is 1.67. The number of ether oxygens (including phenoxy) is 6. The van der Waals surface area contributed by atoms with E-state index in [0.717, 1.165) is 64.2 Å². The summed E-state index contributed by atoms with van der Waals surface area (Å²) in [6.07, 6.45) is 23.8. The Hall–Kier alpha value is -2.25. The number of hydrogen-bond donors (Lipinski definition) is 12. The Kier molecular flexibility index (Phi) is 40.7. The molecule has 0 aromatic rings. The number of rotatable bonds is 46. The molecule has 0 radical (unpaired) electrons. The van der Waals surface area contributed by atoms with Crippen LogP contribution in [0.5, 0.6) is 0 Å². The summed E-state index contributed by atoms with van der Waals surface area (Å²) < 4.78 is 34.2. The maximum atomic E-state index is 13.3. The van der Waals surface area contributed by atoms with E-state index in [1.165, 1.54) is 109 Å². The maximum absolute atomic E-state index is 13.3. The lowest BCUT2D eigenvalue weighted by molar-refractivity contribution is -0.379. The molecule has 3 fully saturated rings. The third kappa shape index (κ3) is 28.7. The van der Waals surface area contributed by atoms with Crippen LogP contribution in [-0.2, 0) is 33.2 Å². The van der Waals surface area contributed by atoms with E-state index in [-0.39, 0.29) is 18.9 Å². The molecule has 0 aliphatic carbocycles. The number of nitrogens with one attached hydrogen (secondary N) is 1. The Balaban J connectivity index is 1.51. The molecule has 19 nitrogen and oxygen atoms in total. The molecule has 0 bridgehead atoms. The van der Waals surface area contributed by atoms with Gasteiger partial charge >= 0.3 is 0 Å². The summed E-state index contributed by atoms with van der Waals surface area (Å²) in [4.78, 5) is 13.3. The van der Waals surface area contributed by atoms with Gasteiger partial charge in [0.15, 0.2) is 18.9 Å². The number of carbonyl (C=O) groups is 1. The van der Waals surface area contributed by atoms with Crippen molar-refractivity contribution in [2.24, 2.45) is 0 Å². The van der Waals surface area contributed by atoms with Gasteiger partial charge in [0.05, 0.1) is 38.6 Å². The van der Waals surface area contributed by atoms with Gasteiger partial charge in [-0.15, -0.1) is 0 Å². The van der Waals surface area contributed by atoms with E-state index in [1.54, 1.807) is 6.08 Å². The normalized spacial score (nSPS) is 30.1. The van der Waals surface area contributed by atoms with E-state index < -0.39 is 124 Å². The standard InChI is InChI=1S/C62H111NO18/c1-3-5-7-9-11-13-15-17-19-20-21-22-23-24-25-26-27-29-31-33-35-37-39-46(67)45(63-50(68)40-38-36-34-32-30-28-18-16-14-12-10-8-6-4-2)44-76-60-56(74)53(71)58(48(42-65)78-60)81-62-57(75)54(72)59(49(43-66)79-62)80-61-55(73)52(70)51(69)47(41-64)77-61/h16,18,24-25,29,31,37,39,45-49,51-62,64-67,69-75H,3-15,17,19-23,26-28,30,32-36,38,40-44H2,1-2H3,(H,63,68)/b18-16-,25-24+,31-29+,39-37+. The third-order valence-electron chi connectivity index (χ3n) is 15.6. The Morgan fingerprint density at radius 1 is 0.432 bits per heavy atom. The second-order valence-corrected chi connectivity index (χ2v) is 22.5. The van der Waals surface area contributed by atoms with Gasteiger partial charge in [0.2, 0.25) is 5.91 Å². The highest BCUT2D eigenvalue weighted by Gasteiger charge is 2.53. The quantitative estimate of drug-likeness (QED) is 0.0236. The molecule has 17 atom stereocenters. The lowest BCUT2D eigenvalue weighted by atomic mass is 9.96. The summed E-state index contributed by atoms with van der Waals surface area (Å²) in [5, 5.41) is 120. The van der Waals surface area contributed by atoms with Crippen LogP contribution >= 0.6 is 0 Å². The Bertz CT molecular complexity index is 1670. The number of unbranched alkanes of at least 4 members (excludes halogenated alkanes) is 24. The maximum Gasteiger partial charge on any atom is 0.220 e. The highest BCUT2D eigenvalue weighted by atomic mass is 16.8. The van der Waals surface area contributed by atoms with Crippen molar-refractivity contribution < 1.29 is 89.4 Å². The van der Waals surface area contributed by atoms with E-state index in [1.807, 2.05) is 6.08 Å². The van der Waals surface area contributed by atoms with Gasteiger partial charge in [0.25, 0.3) is 0 Å². The van der Waals surface area contributed by atoms with Gasteiger partial charge < -0.3 is 89.9 Å². The zero-order valence-corrected chi connectivity index (χ0v) is 49.3. The van der Waals surface area contributed by atoms with Gasteiger partial charge in [-0.3, -0.25) is 4.79 Å². The highest BCUT2D eigenvalue weighted by molar-refractivity contribution is 5.76. The first-order chi connectivity index (χ1) is 39.3. The van der Waals surface area contributed by atoms with Crippen LogP contribution < -0.4 is 5.32 Å². The largest absolute Gasteiger partial charge is 0.394 e. The van der Waals surface area contributed by atoms with Crippen LogP contribution in [-0.4, -0.2) is 193 Å². The highest BCUT2D eigenvalue weighted by Crippen LogP contribution is 2.33. The van der Waals surface area contributed by atoms with E-state index in [0.29, 0.717) is 12.8 Å². The molecule has 472 valence electrons. The number of carbonyl (C=O) groups excluding carboxylic acids is 1. The molecule has 12 N–H and O–H groups in total. The van der Waals surface area contributed by atoms with E-state index in [4.69, 9.17) is 28.4 Å². The fraction of sp³-hybridized carbons (Fsp3) is 0.855. The van der Waals surface area contributed by atoms with Crippen LogP contribution in [0, 0.1) is 0 Å². The molecule has 3 heterocycles. The minimum absolute atomic E-state index is 0.221. The van der Waals surface area contributed by atoms with Gasteiger partial charge in [-0.1, -0.05) is 178 Å². The van der Waals surface area contributed by atoms with Crippen molar-refractivity contribution in [1.82, 2.24) is 5.32 Å². The van der Waals surface area contributed by atoms with Gasteiger partial charge in [-0.2, -0.15) is 0 Å². The van der Waals surface area contributed by atoms with Crippen LogP contribution in [0.15, 0.2) is 48.6 Å². The molecule has 17 unspecified atom stereocenters. The molecule has 0 aromatic heterocycles. The zero-order valence-electron chi connectivity index (χ0n) is 49.3. The van der Waals surface area contributed by atoms with Crippen LogP contribution in [0.1, 0.15) is 206 Å². The number of aliphatic hydroxyl groups excluding tert-OH is 11. The molecule has 3 aliphatic rings. The SMILES string of the molecule is CCCCCCC/C=C\CCCCCCCC(=O)NC(COC1OC(CO)C(OC2OC(CO)C(OC3OC(CO)C(O)C(O)C3O)C(O)C2O)C(O)C1O)C(O)/C=C/CC/C=C/CC/C=C/CCCCCCCCCCCCCC. The summed E-state index contributed by atoms with van der Waals surface area (Å²) in [6, 6.07) is -1.00. The van der Waals surface area contributed by atoms with Crippen molar-refractivity contribution in [2.45, 2.75) is 311 Å².